The third-order valence-electron chi connectivity index (χ3n) is 4.08. The Labute approximate surface area is 131 Å². The summed E-state index contributed by atoms with van der Waals surface area (Å²) in [6.45, 7) is 7.22. The molecule has 0 radical (unpaired) electrons. The van der Waals surface area contributed by atoms with Gasteiger partial charge in [-0.05, 0) is 54.4 Å². The molecule has 0 heterocycles. The summed E-state index contributed by atoms with van der Waals surface area (Å²) in [5.74, 6) is -0.717. The molecule has 0 atom stereocenters. The van der Waals surface area contributed by atoms with E-state index in [1.165, 1.54) is 21.5 Å². The van der Waals surface area contributed by atoms with Crippen LogP contribution in [0.25, 0.3) is 21.5 Å². The van der Waals surface area contributed by atoms with Gasteiger partial charge in [0.1, 0.15) is 0 Å². The zero-order valence-corrected chi connectivity index (χ0v) is 13.4. The second-order valence-corrected chi connectivity index (χ2v) is 5.54. The molecule has 0 N–H and O–H groups in total. The second kappa shape index (κ2) is 6.07. The van der Waals surface area contributed by atoms with E-state index in [4.69, 9.17) is 9.47 Å². The van der Waals surface area contributed by atoms with Crippen molar-refractivity contribution in [2.24, 2.45) is 0 Å². The summed E-state index contributed by atoms with van der Waals surface area (Å²) >= 11 is 0. The van der Waals surface area contributed by atoms with Gasteiger partial charge in [0, 0.05) is 18.8 Å². The Hall–Kier alpha value is -1.90. The lowest BCUT2D eigenvalue weighted by molar-refractivity contribution is -0.229. The molecular weight excluding hydrogens is 272 g/mol. The molecule has 0 aliphatic carbocycles. The van der Waals surface area contributed by atoms with Crippen LogP contribution in [0.3, 0.4) is 0 Å². The molecule has 3 rings (SSSR count). The Bertz CT molecular complexity index is 786. The molecule has 0 saturated carbocycles. The van der Waals surface area contributed by atoms with Crippen LogP contribution in [-0.2, 0) is 15.3 Å². The zero-order chi connectivity index (χ0) is 15.6. The van der Waals surface area contributed by atoms with Gasteiger partial charge in [0.05, 0.1) is 0 Å². The predicted octanol–water partition coefficient (Wildman–Crippen LogP) is 5.24. The smallest absolute Gasteiger partial charge is 0.192 e. The topological polar surface area (TPSA) is 18.5 Å². The van der Waals surface area contributed by atoms with E-state index >= 15 is 0 Å². The van der Waals surface area contributed by atoms with Crippen molar-refractivity contribution < 1.29 is 9.47 Å². The molecule has 0 saturated heterocycles. The van der Waals surface area contributed by atoms with Gasteiger partial charge in [-0.1, -0.05) is 42.5 Å². The van der Waals surface area contributed by atoms with Crippen molar-refractivity contribution in [1.82, 2.24) is 0 Å². The van der Waals surface area contributed by atoms with Crippen molar-refractivity contribution in [2.75, 3.05) is 13.2 Å². The molecule has 0 aliphatic heterocycles. The lowest BCUT2D eigenvalue weighted by Crippen LogP contribution is -2.30. The van der Waals surface area contributed by atoms with E-state index in [-0.39, 0.29) is 0 Å². The Kier molecular flexibility index (Phi) is 4.14. The molecule has 0 aliphatic rings. The van der Waals surface area contributed by atoms with Gasteiger partial charge >= 0.3 is 0 Å². The maximum Gasteiger partial charge on any atom is 0.192 e. The Balaban J connectivity index is 2.26. The van der Waals surface area contributed by atoms with Crippen LogP contribution in [0, 0.1) is 0 Å². The van der Waals surface area contributed by atoms with Gasteiger partial charge in [0.25, 0.3) is 0 Å². The van der Waals surface area contributed by atoms with Crippen molar-refractivity contribution >= 4 is 21.5 Å². The van der Waals surface area contributed by atoms with Crippen LogP contribution < -0.4 is 0 Å². The van der Waals surface area contributed by atoms with Crippen molar-refractivity contribution in [3.63, 3.8) is 0 Å². The van der Waals surface area contributed by atoms with Gasteiger partial charge in [0.2, 0.25) is 0 Å². The molecule has 0 spiro atoms. The fraction of sp³-hybridized carbons (Fsp3) is 0.300. The summed E-state index contributed by atoms with van der Waals surface area (Å²) in [5.41, 5.74) is 1.08. The van der Waals surface area contributed by atoms with Crippen molar-refractivity contribution in [2.45, 2.75) is 26.6 Å². The monoisotopic (exact) mass is 294 g/mol. The van der Waals surface area contributed by atoms with Crippen molar-refractivity contribution in [3.05, 3.63) is 60.2 Å². The Morgan fingerprint density at radius 1 is 0.773 bits per heavy atom. The van der Waals surface area contributed by atoms with Gasteiger partial charge < -0.3 is 9.47 Å². The van der Waals surface area contributed by atoms with E-state index in [2.05, 4.69) is 54.6 Å². The number of ether oxygens (including phenoxy) is 2. The molecule has 0 aromatic heterocycles. The maximum atomic E-state index is 5.95. The number of fused-ring (bicyclic) bond motifs is 2. The molecule has 2 heteroatoms. The van der Waals surface area contributed by atoms with Crippen molar-refractivity contribution in [1.29, 1.82) is 0 Å². The standard InChI is InChI=1S/C20H22O2/c1-4-21-20(3,22-5-2)19-12-8-11-17-13-15-9-6-7-10-16(15)14-18(17)19/h6-14H,4-5H2,1-3H3. The molecule has 22 heavy (non-hydrogen) atoms. The van der Waals surface area contributed by atoms with Gasteiger partial charge in [-0.15, -0.1) is 0 Å². The average Bonchev–Trinajstić information content (AvgIpc) is 2.52. The van der Waals surface area contributed by atoms with Crippen LogP contribution in [0.4, 0.5) is 0 Å². The van der Waals surface area contributed by atoms with E-state index in [1.54, 1.807) is 0 Å². The van der Waals surface area contributed by atoms with Crippen LogP contribution in [0.1, 0.15) is 26.3 Å². The highest BCUT2D eigenvalue weighted by Crippen LogP contribution is 2.34. The number of hydrogen-bond acceptors (Lipinski definition) is 2. The molecule has 114 valence electrons. The number of rotatable bonds is 5. The lowest BCUT2D eigenvalue weighted by atomic mass is 9.95. The van der Waals surface area contributed by atoms with E-state index in [9.17, 15) is 0 Å². The van der Waals surface area contributed by atoms with E-state index in [0.717, 1.165) is 5.56 Å². The summed E-state index contributed by atoms with van der Waals surface area (Å²) in [7, 11) is 0. The first kappa shape index (κ1) is 15.0. The minimum atomic E-state index is -0.717. The molecule has 0 bridgehead atoms. The van der Waals surface area contributed by atoms with E-state index in [0.29, 0.717) is 13.2 Å². The molecular formula is C20H22O2. The van der Waals surface area contributed by atoms with Crippen LogP contribution in [-0.4, -0.2) is 13.2 Å². The fourth-order valence-electron chi connectivity index (χ4n) is 3.11. The third kappa shape index (κ3) is 2.60. The first-order valence-electron chi connectivity index (χ1n) is 7.88. The quantitative estimate of drug-likeness (QED) is 0.473. The van der Waals surface area contributed by atoms with Gasteiger partial charge in [-0.3, -0.25) is 0 Å². The maximum absolute atomic E-state index is 5.95. The van der Waals surface area contributed by atoms with E-state index in [1.807, 2.05) is 20.8 Å². The third-order valence-corrected chi connectivity index (χ3v) is 4.08. The summed E-state index contributed by atoms with van der Waals surface area (Å²) in [6, 6.07) is 19.2. The normalized spacial score (nSPS) is 12.1. The highest BCUT2D eigenvalue weighted by molar-refractivity contribution is 5.99. The van der Waals surface area contributed by atoms with Crippen molar-refractivity contribution in [3.8, 4) is 0 Å². The largest absolute Gasteiger partial charge is 0.346 e. The van der Waals surface area contributed by atoms with E-state index < -0.39 is 5.79 Å². The minimum Gasteiger partial charge on any atom is -0.346 e. The summed E-state index contributed by atoms with van der Waals surface area (Å²) < 4.78 is 11.9. The van der Waals surface area contributed by atoms with Gasteiger partial charge in [-0.25, -0.2) is 0 Å². The first-order chi connectivity index (χ1) is 10.7. The molecule has 0 amide bonds. The summed E-state index contributed by atoms with van der Waals surface area (Å²) in [4.78, 5) is 0. The average molecular weight is 294 g/mol. The Morgan fingerprint density at radius 2 is 1.36 bits per heavy atom. The highest BCUT2D eigenvalue weighted by atomic mass is 16.7. The molecule has 0 fully saturated rings. The fourth-order valence-corrected chi connectivity index (χ4v) is 3.11. The van der Waals surface area contributed by atoms with Crippen LogP contribution in [0.15, 0.2) is 54.6 Å². The number of benzene rings is 3. The zero-order valence-electron chi connectivity index (χ0n) is 13.4. The molecule has 3 aromatic carbocycles. The van der Waals surface area contributed by atoms with Gasteiger partial charge in [-0.2, -0.15) is 0 Å². The second-order valence-electron chi connectivity index (χ2n) is 5.54. The minimum absolute atomic E-state index is 0.612. The van der Waals surface area contributed by atoms with Gasteiger partial charge in [0.15, 0.2) is 5.79 Å². The highest BCUT2D eigenvalue weighted by Gasteiger charge is 2.29. The SMILES string of the molecule is CCOC(C)(OCC)c1cccc2cc3ccccc3cc12. The van der Waals surface area contributed by atoms with Crippen LogP contribution in [0.5, 0.6) is 0 Å². The van der Waals surface area contributed by atoms with Crippen LogP contribution in [0.2, 0.25) is 0 Å². The Morgan fingerprint density at radius 3 is 2.00 bits per heavy atom. The molecule has 3 aromatic rings. The predicted molar refractivity (Wildman–Crippen MR) is 92.1 cm³/mol. The van der Waals surface area contributed by atoms with Crippen LogP contribution >= 0.6 is 0 Å². The molecule has 0 unspecified atom stereocenters. The molecule has 2 nitrogen and oxygen atoms in total. The first-order valence-corrected chi connectivity index (χ1v) is 7.88. The number of hydrogen-bond donors (Lipinski definition) is 0. The summed E-state index contributed by atoms with van der Waals surface area (Å²) in [6.07, 6.45) is 0. The lowest BCUT2D eigenvalue weighted by Gasteiger charge is -2.30. The summed E-state index contributed by atoms with van der Waals surface area (Å²) in [5, 5.41) is 4.88.